The Morgan fingerprint density at radius 1 is 1.50 bits per heavy atom. The number of thiophene rings is 1. The molecule has 0 atom stereocenters. The first-order valence-electron chi connectivity index (χ1n) is 6.27. The SMILES string of the molecule is CCc1occc1C(=O)NCc1sccc1C#CCO. The van der Waals surface area contributed by atoms with Gasteiger partial charge < -0.3 is 14.8 Å². The summed E-state index contributed by atoms with van der Waals surface area (Å²) in [7, 11) is 0. The summed E-state index contributed by atoms with van der Waals surface area (Å²) in [5.74, 6) is 6.01. The molecule has 5 heteroatoms. The van der Waals surface area contributed by atoms with Crippen molar-refractivity contribution < 1.29 is 14.3 Å². The van der Waals surface area contributed by atoms with Crippen LogP contribution >= 0.6 is 11.3 Å². The Hall–Kier alpha value is -2.03. The monoisotopic (exact) mass is 289 g/mol. The van der Waals surface area contributed by atoms with Crippen LogP contribution in [0.5, 0.6) is 0 Å². The summed E-state index contributed by atoms with van der Waals surface area (Å²) in [6.07, 6.45) is 2.21. The molecule has 20 heavy (non-hydrogen) atoms. The summed E-state index contributed by atoms with van der Waals surface area (Å²) in [5, 5.41) is 13.5. The van der Waals surface area contributed by atoms with Crippen molar-refractivity contribution in [2.75, 3.05) is 6.61 Å². The number of carbonyl (C=O) groups is 1. The standard InChI is InChI=1S/C15H15NO3S/c1-2-13-12(5-8-19-13)15(18)16-10-14-11(4-3-7-17)6-9-20-14/h5-6,8-9,17H,2,7,10H2,1H3,(H,16,18). The smallest absolute Gasteiger partial charge is 0.255 e. The maximum atomic E-state index is 12.1. The van der Waals surface area contributed by atoms with E-state index in [0.29, 0.717) is 24.3 Å². The second-order valence-electron chi connectivity index (χ2n) is 4.01. The van der Waals surface area contributed by atoms with E-state index < -0.39 is 0 Å². The second-order valence-corrected chi connectivity index (χ2v) is 5.01. The van der Waals surface area contributed by atoms with Gasteiger partial charge in [0.25, 0.3) is 5.91 Å². The number of nitrogens with one attached hydrogen (secondary N) is 1. The summed E-state index contributed by atoms with van der Waals surface area (Å²) in [6.45, 7) is 2.19. The fraction of sp³-hybridized carbons (Fsp3) is 0.267. The average molecular weight is 289 g/mol. The predicted molar refractivity (Wildman–Crippen MR) is 77.5 cm³/mol. The summed E-state index contributed by atoms with van der Waals surface area (Å²) in [6, 6.07) is 3.55. The molecule has 0 saturated carbocycles. The number of aliphatic hydroxyl groups is 1. The van der Waals surface area contributed by atoms with Crippen molar-refractivity contribution in [1.82, 2.24) is 5.32 Å². The minimum atomic E-state index is -0.170. The highest BCUT2D eigenvalue weighted by Gasteiger charge is 2.13. The zero-order valence-corrected chi connectivity index (χ0v) is 11.9. The molecule has 0 radical (unpaired) electrons. The molecule has 0 unspecified atom stereocenters. The van der Waals surface area contributed by atoms with E-state index in [1.807, 2.05) is 18.4 Å². The molecule has 2 N–H and O–H groups in total. The third-order valence-corrected chi connectivity index (χ3v) is 3.69. The molecule has 2 rings (SSSR count). The van der Waals surface area contributed by atoms with Crippen LogP contribution in [0.3, 0.4) is 0 Å². The molecule has 2 aromatic rings. The molecule has 1 amide bonds. The summed E-state index contributed by atoms with van der Waals surface area (Å²) in [4.78, 5) is 13.0. The van der Waals surface area contributed by atoms with Gasteiger partial charge in [-0.3, -0.25) is 4.79 Å². The topological polar surface area (TPSA) is 62.5 Å². The first kappa shape index (κ1) is 14.4. The number of amides is 1. The van der Waals surface area contributed by atoms with Gasteiger partial charge in [0.15, 0.2) is 0 Å². The maximum Gasteiger partial charge on any atom is 0.255 e. The lowest BCUT2D eigenvalue weighted by molar-refractivity contribution is 0.0949. The van der Waals surface area contributed by atoms with Crippen molar-refractivity contribution in [3.8, 4) is 11.8 Å². The van der Waals surface area contributed by atoms with Gasteiger partial charge in [0.1, 0.15) is 12.4 Å². The molecule has 0 saturated heterocycles. The molecular formula is C15H15NO3S. The lowest BCUT2D eigenvalue weighted by Gasteiger charge is -2.04. The van der Waals surface area contributed by atoms with Crippen molar-refractivity contribution in [3.63, 3.8) is 0 Å². The number of furan rings is 1. The molecule has 2 heterocycles. The van der Waals surface area contributed by atoms with E-state index in [4.69, 9.17) is 9.52 Å². The molecule has 0 aliphatic rings. The summed E-state index contributed by atoms with van der Waals surface area (Å²) in [5.41, 5.74) is 1.42. The molecule has 0 aliphatic carbocycles. The lowest BCUT2D eigenvalue weighted by atomic mass is 10.2. The fourth-order valence-corrected chi connectivity index (χ4v) is 2.57. The third kappa shape index (κ3) is 3.29. The van der Waals surface area contributed by atoms with Gasteiger partial charge in [-0.05, 0) is 17.5 Å². The van der Waals surface area contributed by atoms with Gasteiger partial charge in [-0.1, -0.05) is 18.8 Å². The lowest BCUT2D eigenvalue weighted by Crippen LogP contribution is -2.23. The van der Waals surface area contributed by atoms with Crippen LogP contribution in [0.1, 0.15) is 33.5 Å². The van der Waals surface area contributed by atoms with Gasteiger partial charge in [0.2, 0.25) is 0 Å². The van der Waals surface area contributed by atoms with E-state index in [0.717, 1.165) is 10.4 Å². The largest absolute Gasteiger partial charge is 0.469 e. The quantitative estimate of drug-likeness (QED) is 0.848. The molecule has 104 valence electrons. The van der Waals surface area contributed by atoms with Gasteiger partial charge in [-0.2, -0.15) is 0 Å². The highest BCUT2D eigenvalue weighted by molar-refractivity contribution is 7.10. The number of aliphatic hydroxyl groups excluding tert-OH is 1. The van der Waals surface area contributed by atoms with Crippen LogP contribution in [-0.2, 0) is 13.0 Å². The molecule has 4 nitrogen and oxygen atoms in total. The van der Waals surface area contributed by atoms with Gasteiger partial charge in [-0.15, -0.1) is 11.3 Å². The predicted octanol–water partition coefficient (Wildman–Crippen LogP) is 2.18. The van der Waals surface area contributed by atoms with E-state index in [1.54, 1.807) is 6.07 Å². The van der Waals surface area contributed by atoms with Crippen molar-refractivity contribution in [1.29, 1.82) is 0 Å². The van der Waals surface area contributed by atoms with E-state index >= 15 is 0 Å². The van der Waals surface area contributed by atoms with Gasteiger partial charge in [-0.25, -0.2) is 0 Å². The van der Waals surface area contributed by atoms with Crippen LogP contribution in [0.2, 0.25) is 0 Å². The van der Waals surface area contributed by atoms with Crippen LogP contribution in [0, 0.1) is 11.8 Å². The van der Waals surface area contributed by atoms with Crippen LogP contribution in [0.4, 0.5) is 0 Å². The maximum absolute atomic E-state index is 12.1. The van der Waals surface area contributed by atoms with E-state index in [1.165, 1.54) is 17.6 Å². The van der Waals surface area contributed by atoms with Crippen LogP contribution in [0.25, 0.3) is 0 Å². The molecule has 0 aromatic carbocycles. The zero-order chi connectivity index (χ0) is 14.4. The Labute approximate surface area is 121 Å². The van der Waals surface area contributed by atoms with Crippen LogP contribution in [0.15, 0.2) is 28.2 Å². The molecule has 0 aliphatic heterocycles. The molecule has 0 spiro atoms. The highest BCUT2D eigenvalue weighted by atomic mass is 32.1. The normalized spacial score (nSPS) is 9.90. The average Bonchev–Trinajstić information content (AvgIpc) is 3.10. The summed E-state index contributed by atoms with van der Waals surface area (Å²) >= 11 is 1.53. The van der Waals surface area contributed by atoms with Gasteiger partial charge in [0, 0.05) is 16.9 Å². The van der Waals surface area contributed by atoms with Crippen LogP contribution in [-0.4, -0.2) is 17.6 Å². The highest BCUT2D eigenvalue weighted by Crippen LogP contribution is 2.16. The first-order chi connectivity index (χ1) is 9.76. The first-order valence-corrected chi connectivity index (χ1v) is 7.14. The Bertz CT molecular complexity index is 645. The van der Waals surface area contributed by atoms with Crippen LogP contribution < -0.4 is 5.32 Å². The Balaban J connectivity index is 2.02. The second kappa shape index (κ2) is 6.94. The Kier molecular flexibility index (Phi) is 4.99. The molecule has 0 bridgehead atoms. The number of carbonyl (C=O) groups excluding carboxylic acids is 1. The van der Waals surface area contributed by atoms with Crippen molar-refractivity contribution >= 4 is 17.2 Å². The molecule has 2 aromatic heterocycles. The number of rotatable bonds is 4. The fourth-order valence-electron chi connectivity index (χ4n) is 1.80. The van der Waals surface area contributed by atoms with Gasteiger partial charge >= 0.3 is 0 Å². The number of aryl methyl sites for hydroxylation is 1. The minimum absolute atomic E-state index is 0.148. The number of hydrogen-bond acceptors (Lipinski definition) is 4. The van der Waals surface area contributed by atoms with Gasteiger partial charge in [0.05, 0.1) is 18.4 Å². The molecular weight excluding hydrogens is 274 g/mol. The Morgan fingerprint density at radius 2 is 2.35 bits per heavy atom. The third-order valence-electron chi connectivity index (χ3n) is 2.77. The van der Waals surface area contributed by atoms with E-state index in [-0.39, 0.29) is 12.5 Å². The molecule has 0 fully saturated rings. The minimum Gasteiger partial charge on any atom is -0.469 e. The van der Waals surface area contributed by atoms with Crippen molar-refractivity contribution in [2.24, 2.45) is 0 Å². The number of hydrogen-bond donors (Lipinski definition) is 2. The van der Waals surface area contributed by atoms with Crippen molar-refractivity contribution in [3.05, 3.63) is 45.5 Å². The van der Waals surface area contributed by atoms with E-state index in [9.17, 15) is 4.79 Å². The Morgan fingerprint density at radius 3 is 3.10 bits per heavy atom. The van der Waals surface area contributed by atoms with E-state index in [2.05, 4.69) is 17.2 Å². The summed E-state index contributed by atoms with van der Waals surface area (Å²) < 4.78 is 5.24. The van der Waals surface area contributed by atoms with Crippen molar-refractivity contribution in [2.45, 2.75) is 19.9 Å². The zero-order valence-electron chi connectivity index (χ0n) is 11.1.